The number of carboxylic acids is 1. The Morgan fingerprint density at radius 3 is 2.50 bits per heavy atom. The second kappa shape index (κ2) is 7.87. The summed E-state index contributed by atoms with van der Waals surface area (Å²) in [7, 11) is -2.51. The van der Waals surface area contributed by atoms with E-state index in [0.717, 1.165) is 31.2 Å². The van der Waals surface area contributed by atoms with E-state index in [9.17, 15) is 13.2 Å². The number of rotatable bonds is 8. The predicted molar refractivity (Wildman–Crippen MR) is 69.4 cm³/mol. The molecule has 0 fully saturated rings. The highest BCUT2D eigenvalue weighted by Gasteiger charge is 1.99. The fraction of sp³-hybridized carbons (Fsp3) is 0.462. The van der Waals surface area contributed by atoms with Crippen LogP contribution in [0.4, 0.5) is 0 Å². The number of carbonyl (C=O) groups is 1. The normalized spacial score (nSPS) is 10.7. The minimum Gasteiger partial charge on any atom is -0.481 e. The quantitative estimate of drug-likeness (QED) is 0.561. The lowest BCUT2D eigenvalue weighted by Crippen LogP contribution is -1.94. The van der Waals surface area contributed by atoms with Crippen LogP contribution in [0.2, 0.25) is 0 Å². The van der Waals surface area contributed by atoms with Crippen LogP contribution in [0, 0.1) is 0 Å². The van der Waals surface area contributed by atoms with Gasteiger partial charge in [-0.2, -0.15) is 0 Å². The first-order valence-corrected chi connectivity index (χ1v) is 7.22. The van der Waals surface area contributed by atoms with E-state index >= 15 is 0 Å². The highest BCUT2D eigenvalue weighted by Crippen LogP contribution is 2.11. The van der Waals surface area contributed by atoms with Crippen LogP contribution in [0.3, 0.4) is 0 Å². The van der Waals surface area contributed by atoms with E-state index in [2.05, 4.69) is 0 Å². The number of benzene rings is 1. The SMILES string of the molecule is O=C(O)CCCCCCc1cccc([SH](=O)=O)c1. The van der Waals surface area contributed by atoms with Gasteiger partial charge in [0.15, 0.2) is 10.7 Å². The first kappa shape index (κ1) is 14.7. The molecule has 0 aliphatic rings. The van der Waals surface area contributed by atoms with Crippen molar-refractivity contribution in [1.82, 2.24) is 0 Å². The molecule has 100 valence electrons. The van der Waals surface area contributed by atoms with E-state index in [1.165, 1.54) is 0 Å². The minimum atomic E-state index is -2.51. The number of aliphatic carboxylic acids is 1. The summed E-state index contributed by atoms with van der Waals surface area (Å²) >= 11 is 0. The first-order chi connectivity index (χ1) is 8.59. The summed E-state index contributed by atoms with van der Waals surface area (Å²) in [6, 6.07) is 6.95. The summed E-state index contributed by atoms with van der Waals surface area (Å²) < 4.78 is 21.6. The molecule has 1 rings (SSSR count). The number of hydrogen-bond acceptors (Lipinski definition) is 3. The maximum absolute atomic E-state index is 10.8. The Labute approximate surface area is 109 Å². The van der Waals surface area contributed by atoms with Gasteiger partial charge in [-0.3, -0.25) is 4.79 Å². The topological polar surface area (TPSA) is 71.4 Å². The highest BCUT2D eigenvalue weighted by atomic mass is 32.2. The first-order valence-electron chi connectivity index (χ1n) is 6.04. The van der Waals surface area contributed by atoms with Gasteiger partial charge in [0, 0.05) is 6.42 Å². The second-order valence-electron chi connectivity index (χ2n) is 4.23. The summed E-state index contributed by atoms with van der Waals surface area (Å²) in [5.74, 6) is -0.748. The summed E-state index contributed by atoms with van der Waals surface area (Å²) in [6.07, 6.45) is 4.61. The number of thiol groups is 1. The van der Waals surface area contributed by atoms with E-state index in [-0.39, 0.29) is 6.42 Å². The lowest BCUT2D eigenvalue weighted by atomic mass is 10.1. The van der Waals surface area contributed by atoms with E-state index in [0.29, 0.717) is 11.3 Å². The molecule has 0 aromatic heterocycles. The van der Waals surface area contributed by atoms with E-state index in [4.69, 9.17) is 5.11 Å². The maximum atomic E-state index is 10.8. The van der Waals surface area contributed by atoms with Crippen LogP contribution in [0.1, 0.15) is 37.7 Å². The van der Waals surface area contributed by atoms with Gasteiger partial charge in [-0.05, 0) is 37.0 Å². The summed E-state index contributed by atoms with van der Waals surface area (Å²) in [5, 5.41) is 8.47. The molecule has 0 radical (unpaired) electrons. The van der Waals surface area contributed by atoms with Crippen molar-refractivity contribution in [1.29, 1.82) is 0 Å². The molecule has 1 aromatic rings. The van der Waals surface area contributed by atoms with Crippen LogP contribution in [0.15, 0.2) is 29.2 Å². The third-order valence-electron chi connectivity index (χ3n) is 2.73. The van der Waals surface area contributed by atoms with Crippen LogP contribution in [0.5, 0.6) is 0 Å². The van der Waals surface area contributed by atoms with Crippen molar-refractivity contribution in [3.05, 3.63) is 29.8 Å². The van der Waals surface area contributed by atoms with Gasteiger partial charge in [-0.15, -0.1) is 0 Å². The number of carboxylic acid groups (broad SMARTS) is 1. The van der Waals surface area contributed by atoms with Gasteiger partial charge in [0.1, 0.15) is 0 Å². The molecule has 0 aliphatic heterocycles. The van der Waals surface area contributed by atoms with Gasteiger partial charge >= 0.3 is 5.97 Å². The van der Waals surface area contributed by atoms with Crippen molar-refractivity contribution in [3.63, 3.8) is 0 Å². The molecular formula is C13H18O4S. The molecule has 0 bridgehead atoms. The number of aryl methyl sites for hydroxylation is 1. The Morgan fingerprint density at radius 2 is 1.83 bits per heavy atom. The van der Waals surface area contributed by atoms with Crippen molar-refractivity contribution in [2.75, 3.05) is 0 Å². The predicted octanol–water partition coefficient (Wildman–Crippen LogP) is 2.23. The van der Waals surface area contributed by atoms with Crippen LogP contribution in [-0.2, 0) is 21.9 Å². The highest BCUT2D eigenvalue weighted by molar-refractivity contribution is 7.72. The molecule has 0 saturated carbocycles. The molecule has 0 amide bonds. The zero-order valence-corrected chi connectivity index (χ0v) is 11.1. The standard InChI is InChI=1S/C13H18O4S/c14-13(15)9-4-2-1-3-6-11-7-5-8-12(10-11)18(16)17/h5,7-8,10,18H,1-4,6,9H2,(H,14,15). The Kier molecular flexibility index (Phi) is 6.43. The molecule has 0 heterocycles. The van der Waals surface area contributed by atoms with E-state index in [1.54, 1.807) is 18.2 Å². The Hall–Kier alpha value is -1.36. The van der Waals surface area contributed by atoms with Crippen molar-refractivity contribution >= 4 is 16.7 Å². The van der Waals surface area contributed by atoms with Crippen LogP contribution >= 0.6 is 0 Å². The Morgan fingerprint density at radius 1 is 1.11 bits per heavy atom. The lowest BCUT2D eigenvalue weighted by molar-refractivity contribution is -0.137. The van der Waals surface area contributed by atoms with Gasteiger partial charge in [0.05, 0.1) is 4.90 Å². The third kappa shape index (κ3) is 5.82. The largest absolute Gasteiger partial charge is 0.481 e. The molecule has 0 unspecified atom stereocenters. The zero-order chi connectivity index (χ0) is 13.4. The van der Waals surface area contributed by atoms with Gasteiger partial charge in [-0.25, -0.2) is 8.42 Å². The van der Waals surface area contributed by atoms with Crippen LogP contribution < -0.4 is 0 Å². The monoisotopic (exact) mass is 270 g/mol. The molecule has 0 aliphatic carbocycles. The fourth-order valence-corrected chi connectivity index (χ4v) is 2.26. The average Bonchev–Trinajstić information content (AvgIpc) is 2.33. The molecule has 18 heavy (non-hydrogen) atoms. The molecule has 0 atom stereocenters. The molecule has 0 saturated heterocycles. The molecule has 1 N–H and O–H groups in total. The minimum absolute atomic E-state index is 0.228. The molecular weight excluding hydrogens is 252 g/mol. The van der Waals surface area contributed by atoms with E-state index < -0.39 is 16.7 Å². The average molecular weight is 270 g/mol. The Balaban J connectivity index is 2.27. The summed E-state index contributed by atoms with van der Waals surface area (Å²) in [4.78, 5) is 10.7. The molecule has 1 aromatic carbocycles. The van der Waals surface area contributed by atoms with Crippen molar-refractivity contribution in [2.45, 2.75) is 43.4 Å². The van der Waals surface area contributed by atoms with Gasteiger partial charge < -0.3 is 5.11 Å². The third-order valence-corrected chi connectivity index (χ3v) is 3.43. The molecule has 4 nitrogen and oxygen atoms in total. The smallest absolute Gasteiger partial charge is 0.303 e. The number of unbranched alkanes of at least 4 members (excludes halogenated alkanes) is 3. The van der Waals surface area contributed by atoms with Crippen molar-refractivity contribution < 1.29 is 18.3 Å². The van der Waals surface area contributed by atoms with Crippen molar-refractivity contribution in [2.24, 2.45) is 0 Å². The summed E-state index contributed by atoms with van der Waals surface area (Å²) in [5.41, 5.74) is 1.02. The van der Waals surface area contributed by atoms with Crippen molar-refractivity contribution in [3.8, 4) is 0 Å². The van der Waals surface area contributed by atoms with Crippen LogP contribution in [0.25, 0.3) is 0 Å². The van der Waals surface area contributed by atoms with Gasteiger partial charge in [0.2, 0.25) is 0 Å². The fourth-order valence-electron chi connectivity index (χ4n) is 1.78. The second-order valence-corrected chi connectivity index (χ2v) is 5.27. The Bertz CT molecular complexity index is 458. The molecule has 0 spiro atoms. The molecule has 5 heteroatoms. The van der Waals surface area contributed by atoms with Crippen LogP contribution in [-0.4, -0.2) is 19.5 Å². The maximum Gasteiger partial charge on any atom is 0.303 e. The van der Waals surface area contributed by atoms with E-state index in [1.807, 2.05) is 6.07 Å². The lowest BCUT2D eigenvalue weighted by Gasteiger charge is -2.02. The zero-order valence-electron chi connectivity index (χ0n) is 10.2. The van der Waals surface area contributed by atoms with Gasteiger partial charge in [0.25, 0.3) is 0 Å². The van der Waals surface area contributed by atoms with Gasteiger partial charge in [-0.1, -0.05) is 25.0 Å². The summed E-state index contributed by atoms with van der Waals surface area (Å²) in [6.45, 7) is 0. The number of hydrogen-bond donors (Lipinski definition) is 2.